The molecule has 1 amide bonds. The van der Waals surface area contributed by atoms with Gasteiger partial charge in [-0.1, -0.05) is 12.1 Å². The summed E-state index contributed by atoms with van der Waals surface area (Å²) in [4.78, 5) is 18.7. The molecule has 35 heavy (non-hydrogen) atoms. The number of pyridine rings is 1. The molecule has 9 heteroatoms. The number of aromatic nitrogens is 3. The van der Waals surface area contributed by atoms with Crippen molar-refractivity contribution in [3.05, 3.63) is 77.0 Å². The van der Waals surface area contributed by atoms with Gasteiger partial charge in [0.25, 0.3) is 5.91 Å². The van der Waals surface area contributed by atoms with E-state index in [2.05, 4.69) is 21.3 Å². The van der Waals surface area contributed by atoms with Gasteiger partial charge in [0.1, 0.15) is 6.67 Å². The Hall–Kier alpha value is -4.32. The van der Waals surface area contributed by atoms with E-state index in [1.54, 1.807) is 37.4 Å². The molecular formula is C26H21F2N5O2. The van der Waals surface area contributed by atoms with Gasteiger partial charge in [0.15, 0.2) is 11.6 Å². The van der Waals surface area contributed by atoms with Gasteiger partial charge in [0.2, 0.25) is 0 Å². The zero-order valence-corrected chi connectivity index (χ0v) is 18.9. The molecule has 2 aromatic carbocycles. The minimum atomic E-state index is -0.744. The van der Waals surface area contributed by atoms with Crippen LogP contribution in [0.1, 0.15) is 40.0 Å². The number of carbonyl (C=O) groups excluding carboxylic acids is 1. The lowest BCUT2D eigenvalue weighted by molar-refractivity contribution is 0.0779. The van der Waals surface area contributed by atoms with Crippen LogP contribution in [0.15, 0.2) is 48.8 Å². The minimum absolute atomic E-state index is 0.00626. The standard InChI is InChI=1S/C26H21F2N5O2/c1-33(14-17-12-30-22(10-27)21-13-31-32-24(17)21)26(34)20-8-7-19(16-4-2-3-15(9-16)11-29)25(23(20)28)35-18-5-6-18/h2-4,7-9,12-13,18H,5-6,10,14H2,1H3,(H,31,32). The molecule has 0 unspecified atom stereocenters. The molecule has 2 heterocycles. The van der Waals surface area contributed by atoms with Gasteiger partial charge in [-0.2, -0.15) is 10.4 Å². The van der Waals surface area contributed by atoms with Crippen LogP contribution >= 0.6 is 0 Å². The average Bonchev–Trinajstić information content (AvgIpc) is 3.56. The first-order chi connectivity index (χ1) is 17.0. The fourth-order valence-corrected chi connectivity index (χ4v) is 3.97. The number of H-pyrrole nitrogens is 1. The Kier molecular flexibility index (Phi) is 5.87. The highest BCUT2D eigenvalue weighted by molar-refractivity contribution is 5.96. The zero-order valence-electron chi connectivity index (χ0n) is 18.9. The molecule has 0 bridgehead atoms. The Morgan fingerprint density at radius 2 is 2.11 bits per heavy atom. The fraction of sp³-hybridized carbons (Fsp3) is 0.231. The van der Waals surface area contributed by atoms with Crippen LogP contribution in [0, 0.1) is 17.1 Å². The van der Waals surface area contributed by atoms with E-state index in [1.807, 2.05) is 0 Å². The highest BCUT2D eigenvalue weighted by atomic mass is 19.1. The van der Waals surface area contributed by atoms with E-state index >= 15 is 4.39 Å². The number of aromatic amines is 1. The number of ether oxygens (including phenoxy) is 1. The second-order valence-corrected chi connectivity index (χ2v) is 8.50. The lowest BCUT2D eigenvalue weighted by atomic mass is 9.99. The fourth-order valence-electron chi connectivity index (χ4n) is 3.97. The first kappa shape index (κ1) is 22.5. The summed E-state index contributed by atoms with van der Waals surface area (Å²) in [5, 5.41) is 16.6. The quantitative estimate of drug-likeness (QED) is 0.411. The Bertz CT molecular complexity index is 1470. The van der Waals surface area contributed by atoms with Crippen LogP contribution in [0.3, 0.4) is 0 Å². The second kappa shape index (κ2) is 9.14. The molecule has 0 radical (unpaired) electrons. The van der Waals surface area contributed by atoms with E-state index in [0.29, 0.717) is 33.2 Å². The van der Waals surface area contributed by atoms with Crippen molar-refractivity contribution in [2.75, 3.05) is 7.05 Å². The normalized spacial score (nSPS) is 13.0. The largest absolute Gasteiger partial charge is 0.487 e. The smallest absolute Gasteiger partial charge is 0.257 e. The average molecular weight is 473 g/mol. The summed E-state index contributed by atoms with van der Waals surface area (Å²) >= 11 is 0. The van der Waals surface area contributed by atoms with Gasteiger partial charge in [-0.15, -0.1) is 0 Å². The maximum atomic E-state index is 15.7. The van der Waals surface area contributed by atoms with E-state index in [0.717, 1.165) is 12.8 Å². The molecule has 5 rings (SSSR count). The number of nitrogens with one attached hydrogen (secondary N) is 1. The lowest BCUT2D eigenvalue weighted by Crippen LogP contribution is -2.27. The van der Waals surface area contributed by atoms with Crippen LogP contribution in [-0.4, -0.2) is 39.1 Å². The van der Waals surface area contributed by atoms with Gasteiger partial charge in [0.05, 0.1) is 40.7 Å². The van der Waals surface area contributed by atoms with Crippen molar-refractivity contribution < 1.29 is 18.3 Å². The predicted octanol–water partition coefficient (Wildman–Crippen LogP) is 4.92. The van der Waals surface area contributed by atoms with Gasteiger partial charge in [-0.25, -0.2) is 8.78 Å². The lowest BCUT2D eigenvalue weighted by Gasteiger charge is -2.20. The highest BCUT2D eigenvalue weighted by Crippen LogP contribution is 2.39. The number of benzene rings is 2. The Morgan fingerprint density at radius 1 is 1.29 bits per heavy atom. The van der Waals surface area contributed by atoms with Crippen molar-refractivity contribution in [1.29, 1.82) is 5.26 Å². The molecule has 0 atom stereocenters. The third kappa shape index (κ3) is 4.30. The number of hydrogen-bond acceptors (Lipinski definition) is 5. The molecule has 0 spiro atoms. The molecule has 1 aliphatic rings. The van der Waals surface area contributed by atoms with Gasteiger partial charge in [-0.05, 0) is 42.7 Å². The zero-order chi connectivity index (χ0) is 24.5. The number of rotatable bonds is 7. The number of hydrogen-bond donors (Lipinski definition) is 1. The van der Waals surface area contributed by atoms with Crippen molar-refractivity contribution >= 4 is 16.8 Å². The number of nitriles is 1. The maximum absolute atomic E-state index is 15.7. The monoisotopic (exact) mass is 473 g/mol. The number of halogens is 2. The highest BCUT2D eigenvalue weighted by Gasteiger charge is 2.29. The molecule has 4 aromatic rings. The summed E-state index contributed by atoms with van der Waals surface area (Å²) in [6.07, 6.45) is 4.51. The molecule has 1 aliphatic carbocycles. The number of amides is 1. The Labute approximate surface area is 200 Å². The van der Waals surface area contributed by atoms with Crippen LogP contribution in [0.25, 0.3) is 22.0 Å². The van der Waals surface area contributed by atoms with Crippen LogP contribution in [0.5, 0.6) is 5.75 Å². The van der Waals surface area contributed by atoms with Gasteiger partial charge >= 0.3 is 0 Å². The third-order valence-electron chi connectivity index (χ3n) is 5.97. The van der Waals surface area contributed by atoms with E-state index in [1.165, 1.54) is 23.4 Å². The van der Waals surface area contributed by atoms with E-state index < -0.39 is 18.4 Å². The molecular weight excluding hydrogens is 452 g/mol. The molecule has 0 saturated heterocycles. The number of nitrogens with zero attached hydrogens (tertiary/aromatic N) is 4. The summed E-state index contributed by atoms with van der Waals surface area (Å²) in [7, 11) is 1.55. The van der Waals surface area contributed by atoms with Crippen molar-refractivity contribution in [1.82, 2.24) is 20.1 Å². The second-order valence-electron chi connectivity index (χ2n) is 8.50. The molecule has 1 N–H and O–H groups in total. The number of fused-ring (bicyclic) bond motifs is 1. The molecule has 1 saturated carbocycles. The summed E-state index contributed by atoms with van der Waals surface area (Å²) in [6, 6.07) is 12.0. The molecule has 0 aliphatic heterocycles. The Morgan fingerprint density at radius 3 is 2.86 bits per heavy atom. The number of alkyl halides is 1. The van der Waals surface area contributed by atoms with Crippen LogP contribution in [-0.2, 0) is 13.2 Å². The summed E-state index contributed by atoms with van der Waals surface area (Å²) in [5.74, 6) is -1.28. The SMILES string of the molecule is CN(Cc1cnc(CF)c2cn[nH]c12)C(=O)c1ccc(-c2cccc(C#N)c2)c(OC2CC2)c1F. The van der Waals surface area contributed by atoms with Crippen molar-refractivity contribution in [2.24, 2.45) is 0 Å². The Balaban J connectivity index is 1.48. The van der Waals surface area contributed by atoms with Gasteiger partial charge < -0.3 is 9.64 Å². The van der Waals surface area contributed by atoms with E-state index in [4.69, 9.17) is 4.74 Å². The van der Waals surface area contributed by atoms with Crippen LogP contribution < -0.4 is 4.74 Å². The summed E-state index contributed by atoms with van der Waals surface area (Å²) < 4.78 is 34.8. The van der Waals surface area contributed by atoms with Crippen molar-refractivity contribution in [2.45, 2.75) is 32.2 Å². The predicted molar refractivity (Wildman–Crippen MR) is 125 cm³/mol. The third-order valence-corrected chi connectivity index (χ3v) is 5.97. The van der Waals surface area contributed by atoms with E-state index in [-0.39, 0.29) is 29.7 Å². The van der Waals surface area contributed by atoms with Crippen molar-refractivity contribution in [3.8, 4) is 22.9 Å². The maximum Gasteiger partial charge on any atom is 0.257 e. The van der Waals surface area contributed by atoms with E-state index in [9.17, 15) is 14.4 Å². The topological polar surface area (TPSA) is 94.9 Å². The molecule has 176 valence electrons. The molecule has 7 nitrogen and oxygen atoms in total. The minimum Gasteiger partial charge on any atom is -0.487 e. The summed E-state index contributed by atoms with van der Waals surface area (Å²) in [5.41, 5.74) is 2.90. The molecule has 2 aromatic heterocycles. The first-order valence-corrected chi connectivity index (χ1v) is 11.1. The summed E-state index contributed by atoms with van der Waals surface area (Å²) in [6.45, 7) is -0.620. The van der Waals surface area contributed by atoms with Crippen LogP contribution in [0.4, 0.5) is 8.78 Å². The number of carbonyl (C=O) groups is 1. The van der Waals surface area contributed by atoms with Gasteiger partial charge in [0, 0.05) is 36.3 Å². The van der Waals surface area contributed by atoms with Gasteiger partial charge in [-0.3, -0.25) is 14.9 Å². The van der Waals surface area contributed by atoms with Crippen molar-refractivity contribution in [3.63, 3.8) is 0 Å². The molecule has 1 fully saturated rings. The van der Waals surface area contributed by atoms with Crippen LogP contribution in [0.2, 0.25) is 0 Å². The first-order valence-electron chi connectivity index (χ1n) is 11.1.